The van der Waals surface area contributed by atoms with Gasteiger partial charge in [0.05, 0.1) is 0 Å². The van der Waals surface area contributed by atoms with Gasteiger partial charge in [-0.25, -0.2) is 4.39 Å². The molecule has 2 heterocycles. The molecule has 1 aliphatic heterocycles. The predicted molar refractivity (Wildman–Crippen MR) is 108 cm³/mol. The molecule has 5 nitrogen and oxygen atoms in total. The number of ether oxygens (including phenoxy) is 1. The molecule has 3 rings (SSSR count). The number of aromatic nitrogens is 1. The molecule has 1 unspecified atom stereocenters. The summed E-state index contributed by atoms with van der Waals surface area (Å²) in [5.74, 6) is 0.183. The Balaban J connectivity index is 0.00000261. The zero-order chi connectivity index (χ0) is 18.7. The SMILES string of the molecule is CN1CCC(Oc2cccc(NC(=O)c3ccc(F)cc3)n2)CC1(C)C.Cl.[H+].[H+]. The van der Waals surface area contributed by atoms with E-state index in [9.17, 15) is 9.18 Å². The van der Waals surface area contributed by atoms with E-state index in [-0.39, 0.29) is 38.6 Å². The quantitative estimate of drug-likeness (QED) is 0.835. The summed E-state index contributed by atoms with van der Waals surface area (Å²) in [4.78, 5) is 18.9. The molecule has 0 radical (unpaired) electrons. The van der Waals surface area contributed by atoms with Crippen molar-refractivity contribution in [2.24, 2.45) is 0 Å². The van der Waals surface area contributed by atoms with Gasteiger partial charge in [0.15, 0.2) is 0 Å². The van der Waals surface area contributed by atoms with E-state index in [1.54, 1.807) is 18.2 Å². The summed E-state index contributed by atoms with van der Waals surface area (Å²) in [5.41, 5.74) is 0.453. The van der Waals surface area contributed by atoms with Gasteiger partial charge in [-0.15, -0.1) is 12.4 Å². The van der Waals surface area contributed by atoms with E-state index < -0.39 is 0 Å². The normalized spacial score (nSPS) is 19.0. The lowest BCUT2D eigenvalue weighted by molar-refractivity contribution is 0.0241. The van der Waals surface area contributed by atoms with E-state index >= 15 is 0 Å². The van der Waals surface area contributed by atoms with E-state index in [1.807, 2.05) is 0 Å². The summed E-state index contributed by atoms with van der Waals surface area (Å²) in [6.45, 7) is 5.38. The minimum absolute atomic E-state index is 0. The third-order valence-corrected chi connectivity index (χ3v) is 4.91. The number of nitrogens with zero attached hydrogens (tertiary/aromatic N) is 2. The second-order valence-electron chi connectivity index (χ2n) is 7.29. The minimum Gasteiger partial charge on any atom is -0.474 e. The number of carbonyl (C=O) groups excluding carboxylic acids is 1. The van der Waals surface area contributed by atoms with Gasteiger partial charge in [0.2, 0.25) is 5.88 Å². The number of hydrogen-bond acceptors (Lipinski definition) is 4. The number of benzene rings is 1. The number of likely N-dealkylation sites (tertiary alicyclic amines) is 1. The Labute approximate surface area is 168 Å². The first-order valence-corrected chi connectivity index (χ1v) is 8.75. The van der Waals surface area contributed by atoms with Gasteiger partial charge in [-0.1, -0.05) is 6.07 Å². The average Bonchev–Trinajstić information content (AvgIpc) is 2.59. The number of rotatable bonds is 4. The Morgan fingerprint density at radius 2 is 2.00 bits per heavy atom. The largest absolute Gasteiger partial charge is 1.00 e. The van der Waals surface area contributed by atoms with Crippen LogP contribution in [0.25, 0.3) is 0 Å². The lowest BCUT2D eigenvalue weighted by Crippen LogP contribution is -2.50. The van der Waals surface area contributed by atoms with Crippen molar-refractivity contribution in [3.8, 4) is 5.88 Å². The number of nitrogens with one attached hydrogen (secondary N) is 1. The average molecular weight is 396 g/mol. The van der Waals surface area contributed by atoms with Gasteiger partial charge in [0.1, 0.15) is 17.7 Å². The molecule has 1 aliphatic rings. The fourth-order valence-corrected chi connectivity index (χ4v) is 3.07. The van der Waals surface area contributed by atoms with Crippen LogP contribution in [0.2, 0.25) is 0 Å². The highest BCUT2D eigenvalue weighted by molar-refractivity contribution is 6.03. The molecule has 1 aromatic carbocycles. The van der Waals surface area contributed by atoms with Gasteiger partial charge >= 0.3 is 2.85 Å². The number of piperidine rings is 1. The topological polar surface area (TPSA) is 54.5 Å². The van der Waals surface area contributed by atoms with E-state index in [2.05, 4.69) is 36.1 Å². The Morgan fingerprint density at radius 3 is 2.67 bits per heavy atom. The molecule has 1 N–H and O–H groups in total. The maximum absolute atomic E-state index is 13.0. The van der Waals surface area contributed by atoms with Crippen molar-refractivity contribution >= 4 is 24.1 Å². The van der Waals surface area contributed by atoms with Gasteiger partial charge in [0.25, 0.3) is 5.91 Å². The zero-order valence-corrected chi connectivity index (χ0v) is 16.6. The minimum atomic E-state index is -0.379. The molecule has 1 saturated heterocycles. The number of anilines is 1. The molecule has 27 heavy (non-hydrogen) atoms. The van der Waals surface area contributed by atoms with Gasteiger partial charge in [-0.3, -0.25) is 4.79 Å². The summed E-state index contributed by atoms with van der Waals surface area (Å²) >= 11 is 0. The maximum Gasteiger partial charge on any atom is 1.00 e. The van der Waals surface area contributed by atoms with Crippen molar-refractivity contribution in [1.29, 1.82) is 0 Å². The van der Waals surface area contributed by atoms with Crippen molar-refractivity contribution < 1.29 is 16.8 Å². The molecule has 1 amide bonds. The molecule has 0 aliphatic carbocycles. The number of amides is 1. The molecule has 0 bridgehead atoms. The van der Waals surface area contributed by atoms with Crippen LogP contribution < -0.4 is 10.1 Å². The van der Waals surface area contributed by atoms with Crippen LogP contribution >= 0.6 is 12.4 Å². The summed E-state index contributed by atoms with van der Waals surface area (Å²) < 4.78 is 19.0. The molecule has 0 saturated carbocycles. The summed E-state index contributed by atoms with van der Waals surface area (Å²) in [7, 11) is 2.13. The van der Waals surface area contributed by atoms with Gasteiger partial charge < -0.3 is 15.0 Å². The predicted octanol–water partition coefficient (Wildman–Crippen LogP) is 4.37. The van der Waals surface area contributed by atoms with Crippen molar-refractivity contribution in [1.82, 2.24) is 9.88 Å². The van der Waals surface area contributed by atoms with E-state index in [4.69, 9.17) is 4.74 Å². The fourth-order valence-electron chi connectivity index (χ4n) is 3.07. The maximum atomic E-state index is 13.0. The van der Waals surface area contributed by atoms with Crippen LogP contribution in [0.5, 0.6) is 5.88 Å². The van der Waals surface area contributed by atoms with E-state index in [0.717, 1.165) is 19.4 Å². The van der Waals surface area contributed by atoms with Gasteiger partial charge in [-0.05, 0) is 57.6 Å². The van der Waals surface area contributed by atoms with Crippen LogP contribution in [0.1, 0.15) is 39.9 Å². The van der Waals surface area contributed by atoms with Crippen LogP contribution in [0, 0.1) is 5.82 Å². The third-order valence-electron chi connectivity index (χ3n) is 4.91. The summed E-state index contributed by atoms with van der Waals surface area (Å²) in [6.07, 6.45) is 1.95. The highest BCUT2D eigenvalue weighted by atomic mass is 35.5. The second kappa shape index (κ2) is 8.67. The van der Waals surface area contributed by atoms with E-state index in [1.165, 1.54) is 24.3 Å². The van der Waals surface area contributed by atoms with Crippen molar-refractivity contribution in [2.45, 2.75) is 38.3 Å². The molecule has 7 heteroatoms. The number of hydrogen-bond donors (Lipinski definition) is 1. The third kappa shape index (κ3) is 5.40. The van der Waals surface area contributed by atoms with Crippen LogP contribution in [-0.2, 0) is 0 Å². The number of carbonyl (C=O) groups is 1. The van der Waals surface area contributed by atoms with Crippen LogP contribution in [0.3, 0.4) is 0 Å². The first-order valence-electron chi connectivity index (χ1n) is 8.75. The standard InChI is InChI=1S/C20H24FN3O2.ClH/c1-20(2)13-16(11-12-24(20)3)26-18-6-4-5-17(22-18)23-19(25)14-7-9-15(21)10-8-14;/h4-10,16H,11-13H2,1-3H3,(H,22,23,25);1H/p+2. The fraction of sp³-hybridized carbons (Fsp3) is 0.400. The Bertz CT molecular complexity index is 794. The smallest absolute Gasteiger partial charge is 0.474 e. The highest BCUT2D eigenvalue weighted by Gasteiger charge is 2.33. The van der Waals surface area contributed by atoms with Crippen LogP contribution in [0.4, 0.5) is 10.2 Å². The summed E-state index contributed by atoms with van der Waals surface area (Å²) in [5, 5.41) is 2.72. The lowest BCUT2D eigenvalue weighted by atomic mass is 9.89. The van der Waals surface area contributed by atoms with Crippen LogP contribution in [0.15, 0.2) is 42.5 Å². The van der Waals surface area contributed by atoms with Crippen molar-refractivity contribution in [2.75, 3.05) is 18.9 Å². The highest BCUT2D eigenvalue weighted by Crippen LogP contribution is 2.28. The molecule has 2 aromatic rings. The number of halogens is 2. The van der Waals surface area contributed by atoms with E-state index in [0.29, 0.717) is 17.3 Å². The molecule has 1 aromatic heterocycles. The molecule has 146 valence electrons. The van der Waals surface area contributed by atoms with Gasteiger partial charge in [-0.2, -0.15) is 4.98 Å². The molecule has 1 fully saturated rings. The van der Waals surface area contributed by atoms with Crippen molar-refractivity contribution in [3.63, 3.8) is 0 Å². The number of pyridine rings is 1. The summed E-state index contributed by atoms with van der Waals surface area (Å²) in [6, 6.07) is 10.7. The lowest BCUT2D eigenvalue weighted by Gasteiger charge is -2.43. The Kier molecular flexibility index (Phi) is 6.78. The Hall–Kier alpha value is -2.18. The second-order valence-corrected chi connectivity index (χ2v) is 7.29. The molecule has 0 spiro atoms. The zero-order valence-electron chi connectivity index (χ0n) is 17.7. The monoisotopic (exact) mass is 395 g/mol. The first-order chi connectivity index (χ1) is 12.3. The molecular formula is C20H27ClFN3O2+2. The van der Waals surface area contributed by atoms with Gasteiger partial charge in [0, 0.05) is 30.1 Å². The van der Waals surface area contributed by atoms with Crippen LogP contribution in [-0.4, -0.2) is 41.0 Å². The van der Waals surface area contributed by atoms with Crippen molar-refractivity contribution in [3.05, 3.63) is 53.8 Å². The molecule has 1 atom stereocenters. The Morgan fingerprint density at radius 1 is 1.30 bits per heavy atom. The molecular weight excluding hydrogens is 369 g/mol. The first kappa shape index (κ1) is 21.1.